The molecule has 0 saturated carbocycles. The molecule has 0 fully saturated rings. The van der Waals surface area contributed by atoms with Crippen LogP contribution in [0, 0.1) is 0 Å². The van der Waals surface area contributed by atoms with Gasteiger partial charge < -0.3 is 0 Å². The van der Waals surface area contributed by atoms with E-state index in [1.807, 2.05) is 0 Å². The third-order valence-corrected chi connectivity index (χ3v) is 3.36. The van der Waals surface area contributed by atoms with Crippen LogP contribution < -0.4 is 5.48 Å². The highest BCUT2D eigenvalue weighted by Crippen LogP contribution is 2.01. The Morgan fingerprint density at radius 3 is 1.74 bits per heavy atom. The molecular weight excluding hydrogens is 286 g/mol. The molecule has 0 aromatic rings. The number of allylic oxidation sites excluding steroid dienone is 8. The average Bonchev–Trinajstić information content (AvgIpc) is 2.57. The van der Waals surface area contributed by atoms with Crippen LogP contribution in [0.15, 0.2) is 48.6 Å². The fourth-order valence-electron chi connectivity index (χ4n) is 2.00. The molecule has 0 aromatic heterocycles. The fraction of sp³-hybridized carbons (Fsp3) is 0.550. The predicted molar refractivity (Wildman–Crippen MR) is 98.3 cm³/mol. The molecule has 23 heavy (non-hydrogen) atoms. The number of hydroxylamine groups is 1. The number of carbonyl (C=O) groups excluding carboxylic acids is 1. The molecule has 0 heterocycles. The van der Waals surface area contributed by atoms with E-state index in [-0.39, 0.29) is 5.91 Å². The normalized spacial score (nSPS) is 12.3. The zero-order valence-corrected chi connectivity index (χ0v) is 14.5. The van der Waals surface area contributed by atoms with Gasteiger partial charge in [-0.2, -0.15) is 0 Å². The molecule has 0 rings (SSSR count). The van der Waals surface area contributed by atoms with Gasteiger partial charge in [0.2, 0.25) is 5.91 Å². The lowest BCUT2D eigenvalue weighted by Gasteiger charge is -1.94. The lowest BCUT2D eigenvalue weighted by molar-refractivity contribution is -0.129. The van der Waals surface area contributed by atoms with Crippen molar-refractivity contribution in [1.82, 2.24) is 5.48 Å². The van der Waals surface area contributed by atoms with Gasteiger partial charge in [0.05, 0.1) is 0 Å². The standard InChI is InChI=1S/C20H33NO2/c1-2-3-4-5-6-7-8-9-10-11-12-13-14-15-16-17-18-19-20(22)21-23/h6-7,9-10,12-13,15-16,23H,2-5,8,11,14,17-19H2,1H3,(H,21,22)/b7-6+,10-9+,13-12+,16-15+. The Bertz CT molecular complexity index is 381. The van der Waals surface area contributed by atoms with Crippen molar-refractivity contribution in [2.75, 3.05) is 0 Å². The summed E-state index contributed by atoms with van der Waals surface area (Å²) in [4.78, 5) is 10.8. The summed E-state index contributed by atoms with van der Waals surface area (Å²) >= 11 is 0. The molecular formula is C20H33NO2. The first-order chi connectivity index (χ1) is 11.3. The lowest BCUT2D eigenvalue weighted by Crippen LogP contribution is -2.17. The van der Waals surface area contributed by atoms with E-state index in [9.17, 15) is 4.79 Å². The van der Waals surface area contributed by atoms with Gasteiger partial charge in [-0.15, -0.1) is 0 Å². The number of rotatable bonds is 14. The van der Waals surface area contributed by atoms with Crippen LogP contribution in [0.25, 0.3) is 0 Å². The third-order valence-electron chi connectivity index (χ3n) is 3.36. The van der Waals surface area contributed by atoms with Crippen LogP contribution in [-0.4, -0.2) is 11.1 Å². The summed E-state index contributed by atoms with van der Waals surface area (Å²) in [6.07, 6.45) is 27.5. The van der Waals surface area contributed by atoms with Crippen LogP contribution in [-0.2, 0) is 4.79 Å². The summed E-state index contributed by atoms with van der Waals surface area (Å²) in [5.41, 5.74) is 1.63. The molecule has 0 atom stereocenters. The van der Waals surface area contributed by atoms with Crippen molar-refractivity contribution in [3.05, 3.63) is 48.6 Å². The minimum absolute atomic E-state index is 0.319. The van der Waals surface area contributed by atoms with Gasteiger partial charge in [0.1, 0.15) is 0 Å². The van der Waals surface area contributed by atoms with Crippen molar-refractivity contribution in [2.24, 2.45) is 0 Å². The van der Waals surface area contributed by atoms with Crippen LogP contribution in [0.2, 0.25) is 0 Å². The van der Waals surface area contributed by atoms with Crippen LogP contribution >= 0.6 is 0 Å². The summed E-state index contributed by atoms with van der Waals surface area (Å²) in [5, 5.41) is 8.33. The maximum absolute atomic E-state index is 10.8. The minimum Gasteiger partial charge on any atom is -0.289 e. The zero-order valence-electron chi connectivity index (χ0n) is 14.5. The summed E-state index contributed by atoms with van der Waals surface area (Å²) in [7, 11) is 0. The Morgan fingerprint density at radius 2 is 1.26 bits per heavy atom. The molecule has 0 saturated heterocycles. The molecule has 2 N–H and O–H groups in total. The summed E-state index contributed by atoms with van der Waals surface area (Å²) in [5.74, 6) is -0.319. The Hall–Kier alpha value is -1.61. The first kappa shape index (κ1) is 21.4. The topological polar surface area (TPSA) is 49.3 Å². The SMILES string of the molecule is CCCCC/C=C/C/C=C/C/C=C/C/C=C/CCCC(=O)NO. The molecule has 0 aromatic carbocycles. The van der Waals surface area contributed by atoms with Crippen molar-refractivity contribution in [3.8, 4) is 0 Å². The van der Waals surface area contributed by atoms with Crippen molar-refractivity contribution >= 4 is 5.91 Å². The Kier molecular flexibility index (Phi) is 17.1. The molecule has 0 aliphatic rings. The zero-order chi connectivity index (χ0) is 17.0. The number of hydrogen-bond donors (Lipinski definition) is 2. The predicted octanol–water partition coefficient (Wildman–Crippen LogP) is 5.64. The molecule has 0 radical (unpaired) electrons. The molecule has 0 aliphatic heterocycles. The molecule has 0 aliphatic carbocycles. The second kappa shape index (κ2) is 18.4. The highest BCUT2D eigenvalue weighted by molar-refractivity contribution is 5.74. The molecule has 130 valence electrons. The molecule has 1 amide bonds. The Labute approximate surface area is 141 Å². The van der Waals surface area contributed by atoms with Gasteiger partial charge in [-0.05, 0) is 44.9 Å². The molecule has 3 heteroatoms. The fourth-order valence-corrected chi connectivity index (χ4v) is 2.00. The molecule has 0 unspecified atom stereocenters. The van der Waals surface area contributed by atoms with E-state index in [2.05, 4.69) is 55.5 Å². The van der Waals surface area contributed by atoms with Crippen LogP contribution in [0.4, 0.5) is 0 Å². The minimum atomic E-state index is -0.319. The number of carbonyl (C=O) groups is 1. The van der Waals surface area contributed by atoms with Crippen molar-refractivity contribution in [3.63, 3.8) is 0 Å². The second-order valence-electron chi connectivity index (χ2n) is 5.52. The van der Waals surface area contributed by atoms with Gasteiger partial charge in [0.25, 0.3) is 0 Å². The lowest BCUT2D eigenvalue weighted by atomic mass is 10.2. The van der Waals surface area contributed by atoms with Gasteiger partial charge in [-0.3, -0.25) is 10.0 Å². The maximum Gasteiger partial charge on any atom is 0.243 e. The average molecular weight is 319 g/mol. The van der Waals surface area contributed by atoms with Crippen molar-refractivity contribution in [1.29, 1.82) is 0 Å². The Balaban J connectivity index is 3.42. The van der Waals surface area contributed by atoms with E-state index in [0.717, 1.165) is 32.1 Å². The van der Waals surface area contributed by atoms with E-state index in [0.29, 0.717) is 6.42 Å². The maximum atomic E-state index is 10.8. The van der Waals surface area contributed by atoms with Crippen LogP contribution in [0.3, 0.4) is 0 Å². The van der Waals surface area contributed by atoms with Crippen LogP contribution in [0.5, 0.6) is 0 Å². The number of amides is 1. The number of hydrogen-bond acceptors (Lipinski definition) is 2. The van der Waals surface area contributed by atoms with E-state index < -0.39 is 0 Å². The first-order valence-corrected chi connectivity index (χ1v) is 8.84. The third kappa shape index (κ3) is 18.3. The summed E-state index contributed by atoms with van der Waals surface area (Å²) < 4.78 is 0. The molecule has 0 spiro atoms. The van der Waals surface area contributed by atoms with Crippen molar-refractivity contribution < 1.29 is 10.0 Å². The number of unbranched alkanes of at least 4 members (excludes halogenated alkanes) is 4. The van der Waals surface area contributed by atoms with E-state index in [1.54, 1.807) is 5.48 Å². The quantitative estimate of drug-likeness (QED) is 0.188. The molecule has 0 bridgehead atoms. The van der Waals surface area contributed by atoms with Gasteiger partial charge in [-0.1, -0.05) is 68.4 Å². The van der Waals surface area contributed by atoms with E-state index in [4.69, 9.17) is 5.21 Å². The smallest absolute Gasteiger partial charge is 0.243 e. The first-order valence-electron chi connectivity index (χ1n) is 8.84. The van der Waals surface area contributed by atoms with E-state index >= 15 is 0 Å². The largest absolute Gasteiger partial charge is 0.289 e. The van der Waals surface area contributed by atoms with Gasteiger partial charge in [0.15, 0.2) is 0 Å². The number of nitrogens with one attached hydrogen (secondary N) is 1. The van der Waals surface area contributed by atoms with Gasteiger partial charge in [0, 0.05) is 6.42 Å². The Morgan fingerprint density at radius 1 is 0.783 bits per heavy atom. The highest BCUT2D eigenvalue weighted by Gasteiger charge is 1.95. The van der Waals surface area contributed by atoms with Crippen molar-refractivity contribution in [2.45, 2.75) is 71.1 Å². The second-order valence-corrected chi connectivity index (χ2v) is 5.52. The summed E-state index contributed by atoms with van der Waals surface area (Å²) in [6.45, 7) is 2.23. The monoisotopic (exact) mass is 319 g/mol. The van der Waals surface area contributed by atoms with E-state index in [1.165, 1.54) is 25.7 Å². The van der Waals surface area contributed by atoms with Crippen LogP contribution in [0.1, 0.15) is 71.1 Å². The van der Waals surface area contributed by atoms with Gasteiger partial charge in [-0.25, -0.2) is 5.48 Å². The van der Waals surface area contributed by atoms with Gasteiger partial charge >= 0.3 is 0 Å². The highest BCUT2D eigenvalue weighted by atomic mass is 16.5. The summed E-state index contributed by atoms with van der Waals surface area (Å²) in [6, 6.07) is 0. The molecule has 3 nitrogen and oxygen atoms in total.